The summed E-state index contributed by atoms with van der Waals surface area (Å²) in [4.78, 5) is 17.2. The van der Waals surface area contributed by atoms with Crippen LogP contribution in [0.3, 0.4) is 0 Å². The van der Waals surface area contributed by atoms with Gasteiger partial charge in [0.15, 0.2) is 0 Å². The van der Waals surface area contributed by atoms with Gasteiger partial charge < -0.3 is 10.2 Å². The number of nitrogens with one attached hydrogen (secondary N) is 1. The van der Waals surface area contributed by atoms with Crippen LogP contribution in [0.15, 0.2) is 24.4 Å². The van der Waals surface area contributed by atoms with E-state index in [1.165, 1.54) is 0 Å². The van der Waals surface area contributed by atoms with Crippen LogP contribution in [0.5, 0.6) is 0 Å². The third kappa shape index (κ3) is 6.02. The fourth-order valence-electron chi connectivity index (χ4n) is 1.48. The molecule has 0 spiro atoms. The Morgan fingerprint density at radius 1 is 1.35 bits per heavy atom. The van der Waals surface area contributed by atoms with Gasteiger partial charge in [-0.1, -0.05) is 6.07 Å². The zero-order valence-electron chi connectivity index (χ0n) is 10.6. The summed E-state index contributed by atoms with van der Waals surface area (Å²) in [5.74, 6) is 0.191. The van der Waals surface area contributed by atoms with E-state index in [0.29, 0.717) is 6.42 Å². The SMILES string of the molecule is CN(C)C(=O)CCCNCCc1ccccn1. The van der Waals surface area contributed by atoms with Gasteiger partial charge in [0.05, 0.1) is 0 Å². The summed E-state index contributed by atoms with van der Waals surface area (Å²) >= 11 is 0. The van der Waals surface area contributed by atoms with E-state index in [-0.39, 0.29) is 5.91 Å². The highest BCUT2D eigenvalue weighted by atomic mass is 16.2. The molecule has 4 heteroatoms. The summed E-state index contributed by atoms with van der Waals surface area (Å²) in [6, 6.07) is 5.94. The molecule has 1 rings (SSSR count). The van der Waals surface area contributed by atoms with Crippen molar-refractivity contribution >= 4 is 5.91 Å². The number of nitrogens with zero attached hydrogens (tertiary/aromatic N) is 2. The quantitative estimate of drug-likeness (QED) is 0.719. The van der Waals surface area contributed by atoms with Crippen LogP contribution in [0.1, 0.15) is 18.5 Å². The van der Waals surface area contributed by atoms with Gasteiger partial charge in [-0.2, -0.15) is 0 Å². The molecule has 0 unspecified atom stereocenters. The number of hydrogen-bond donors (Lipinski definition) is 1. The molecule has 0 aliphatic rings. The van der Waals surface area contributed by atoms with Crippen molar-refractivity contribution in [2.45, 2.75) is 19.3 Å². The predicted molar refractivity (Wildman–Crippen MR) is 68.7 cm³/mol. The largest absolute Gasteiger partial charge is 0.349 e. The lowest BCUT2D eigenvalue weighted by Crippen LogP contribution is -2.24. The van der Waals surface area contributed by atoms with Gasteiger partial charge in [-0.15, -0.1) is 0 Å². The predicted octanol–water partition coefficient (Wildman–Crippen LogP) is 1.08. The molecule has 1 heterocycles. The van der Waals surface area contributed by atoms with Gasteiger partial charge in [0.1, 0.15) is 0 Å². The van der Waals surface area contributed by atoms with Gasteiger partial charge in [-0.05, 0) is 25.1 Å². The first kappa shape index (κ1) is 13.6. The third-order valence-corrected chi connectivity index (χ3v) is 2.53. The number of amides is 1. The third-order valence-electron chi connectivity index (χ3n) is 2.53. The van der Waals surface area contributed by atoms with E-state index in [2.05, 4.69) is 10.3 Å². The zero-order chi connectivity index (χ0) is 12.5. The van der Waals surface area contributed by atoms with Crippen molar-refractivity contribution in [1.29, 1.82) is 0 Å². The van der Waals surface area contributed by atoms with E-state index < -0.39 is 0 Å². The lowest BCUT2D eigenvalue weighted by Gasteiger charge is -2.10. The second-order valence-corrected chi connectivity index (χ2v) is 4.21. The first-order valence-corrected chi connectivity index (χ1v) is 6.01. The number of rotatable bonds is 7. The lowest BCUT2D eigenvalue weighted by atomic mass is 10.2. The molecule has 0 saturated heterocycles. The molecule has 0 aromatic carbocycles. The maximum absolute atomic E-state index is 11.3. The summed E-state index contributed by atoms with van der Waals surface area (Å²) in [7, 11) is 3.58. The van der Waals surface area contributed by atoms with Crippen molar-refractivity contribution in [3.8, 4) is 0 Å². The lowest BCUT2D eigenvalue weighted by molar-refractivity contribution is -0.128. The fourth-order valence-corrected chi connectivity index (χ4v) is 1.48. The first-order valence-electron chi connectivity index (χ1n) is 6.01. The number of aromatic nitrogens is 1. The number of hydrogen-bond acceptors (Lipinski definition) is 3. The average Bonchev–Trinajstić information content (AvgIpc) is 2.34. The van der Waals surface area contributed by atoms with Crippen LogP contribution in [0.4, 0.5) is 0 Å². The van der Waals surface area contributed by atoms with Gasteiger partial charge in [-0.25, -0.2) is 0 Å². The van der Waals surface area contributed by atoms with Crippen molar-refractivity contribution in [1.82, 2.24) is 15.2 Å². The van der Waals surface area contributed by atoms with E-state index >= 15 is 0 Å². The Bertz CT molecular complexity index is 325. The van der Waals surface area contributed by atoms with Crippen LogP contribution >= 0.6 is 0 Å². The minimum atomic E-state index is 0.191. The van der Waals surface area contributed by atoms with E-state index in [9.17, 15) is 4.79 Å². The molecular formula is C13H21N3O. The van der Waals surface area contributed by atoms with Gasteiger partial charge in [0.2, 0.25) is 5.91 Å². The van der Waals surface area contributed by atoms with Crippen LogP contribution in [0.2, 0.25) is 0 Å². The van der Waals surface area contributed by atoms with Crippen LogP contribution < -0.4 is 5.32 Å². The number of pyridine rings is 1. The van der Waals surface area contributed by atoms with Crippen LogP contribution in [-0.2, 0) is 11.2 Å². The Morgan fingerprint density at radius 2 is 2.18 bits per heavy atom. The highest BCUT2D eigenvalue weighted by Crippen LogP contribution is 1.94. The molecule has 0 saturated carbocycles. The molecule has 0 aliphatic heterocycles. The summed E-state index contributed by atoms with van der Waals surface area (Å²) in [5.41, 5.74) is 1.10. The molecule has 0 aliphatic carbocycles. The van der Waals surface area contributed by atoms with Crippen molar-refractivity contribution in [2.75, 3.05) is 27.2 Å². The molecule has 1 amide bonds. The normalized spacial score (nSPS) is 10.2. The summed E-state index contributed by atoms with van der Waals surface area (Å²) < 4.78 is 0. The highest BCUT2D eigenvalue weighted by Gasteiger charge is 2.02. The fraction of sp³-hybridized carbons (Fsp3) is 0.538. The molecule has 1 aromatic rings. The maximum atomic E-state index is 11.3. The van der Waals surface area contributed by atoms with Gasteiger partial charge in [-0.3, -0.25) is 9.78 Å². The Hall–Kier alpha value is -1.42. The topological polar surface area (TPSA) is 45.2 Å². The molecule has 0 fully saturated rings. The minimum absolute atomic E-state index is 0.191. The number of carbonyl (C=O) groups excluding carboxylic acids is 1. The molecule has 0 radical (unpaired) electrons. The molecule has 1 N–H and O–H groups in total. The Balaban J connectivity index is 2.00. The Kier molecular flexibility index (Phi) is 6.25. The smallest absolute Gasteiger partial charge is 0.222 e. The monoisotopic (exact) mass is 235 g/mol. The first-order chi connectivity index (χ1) is 8.20. The second kappa shape index (κ2) is 7.79. The molecule has 94 valence electrons. The molecule has 4 nitrogen and oxygen atoms in total. The summed E-state index contributed by atoms with van der Waals surface area (Å²) in [6.45, 7) is 1.79. The van der Waals surface area contributed by atoms with Crippen LogP contribution in [0.25, 0.3) is 0 Å². The maximum Gasteiger partial charge on any atom is 0.222 e. The van der Waals surface area contributed by atoms with Crippen LogP contribution in [0, 0.1) is 0 Å². The molecule has 17 heavy (non-hydrogen) atoms. The van der Waals surface area contributed by atoms with Gasteiger partial charge in [0, 0.05) is 45.4 Å². The van der Waals surface area contributed by atoms with Crippen LogP contribution in [-0.4, -0.2) is 43.0 Å². The molecule has 0 bridgehead atoms. The Morgan fingerprint density at radius 3 is 2.82 bits per heavy atom. The van der Waals surface area contributed by atoms with E-state index in [1.807, 2.05) is 24.4 Å². The molecular weight excluding hydrogens is 214 g/mol. The van der Waals surface area contributed by atoms with E-state index in [0.717, 1.165) is 31.6 Å². The number of carbonyl (C=O) groups is 1. The van der Waals surface area contributed by atoms with Gasteiger partial charge >= 0.3 is 0 Å². The van der Waals surface area contributed by atoms with Crippen molar-refractivity contribution in [3.05, 3.63) is 30.1 Å². The standard InChI is InChI=1S/C13H21N3O/c1-16(2)13(17)7-5-9-14-11-8-12-6-3-4-10-15-12/h3-4,6,10,14H,5,7-9,11H2,1-2H3. The zero-order valence-corrected chi connectivity index (χ0v) is 10.6. The minimum Gasteiger partial charge on any atom is -0.349 e. The van der Waals surface area contributed by atoms with Crippen molar-refractivity contribution < 1.29 is 4.79 Å². The highest BCUT2D eigenvalue weighted by molar-refractivity contribution is 5.75. The van der Waals surface area contributed by atoms with Crippen molar-refractivity contribution in [3.63, 3.8) is 0 Å². The average molecular weight is 235 g/mol. The Labute approximate surface area is 103 Å². The van der Waals surface area contributed by atoms with E-state index in [1.54, 1.807) is 19.0 Å². The summed E-state index contributed by atoms with van der Waals surface area (Å²) in [5, 5.41) is 3.32. The van der Waals surface area contributed by atoms with Crippen molar-refractivity contribution in [2.24, 2.45) is 0 Å². The second-order valence-electron chi connectivity index (χ2n) is 4.21. The summed E-state index contributed by atoms with van der Waals surface area (Å²) in [6.07, 6.45) is 4.25. The molecule has 1 aromatic heterocycles. The van der Waals surface area contributed by atoms with Gasteiger partial charge in [0.25, 0.3) is 0 Å². The van der Waals surface area contributed by atoms with E-state index in [4.69, 9.17) is 0 Å². The molecule has 0 atom stereocenters.